The Labute approximate surface area is 104 Å². The van der Waals surface area contributed by atoms with E-state index in [-0.39, 0.29) is 31.6 Å². The number of carbonyl (C=O) groups excluding carboxylic acids is 1. The Bertz CT molecular complexity index is 415. The van der Waals surface area contributed by atoms with Crippen molar-refractivity contribution in [3.05, 3.63) is 11.9 Å². The Morgan fingerprint density at radius 2 is 2.22 bits per heavy atom. The van der Waals surface area contributed by atoms with Gasteiger partial charge in [-0.15, -0.1) is 5.10 Å². The van der Waals surface area contributed by atoms with Crippen LogP contribution in [0.2, 0.25) is 0 Å². The highest BCUT2D eigenvalue weighted by atomic mass is 16.4. The van der Waals surface area contributed by atoms with Gasteiger partial charge in [0, 0.05) is 6.04 Å². The smallest absolute Gasteiger partial charge is 0.325 e. The van der Waals surface area contributed by atoms with Crippen LogP contribution < -0.4 is 10.6 Å². The number of amides is 1. The minimum Gasteiger partial charge on any atom is -0.480 e. The normalized spacial score (nSPS) is 10.6. The molecule has 0 aliphatic rings. The van der Waals surface area contributed by atoms with Crippen LogP contribution in [0.25, 0.3) is 0 Å². The summed E-state index contributed by atoms with van der Waals surface area (Å²) in [5, 5.41) is 21.6. The second-order valence-corrected chi connectivity index (χ2v) is 4.11. The highest BCUT2D eigenvalue weighted by Crippen LogP contribution is 1.92. The molecule has 18 heavy (non-hydrogen) atoms. The van der Waals surface area contributed by atoms with Gasteiger partial charge in [0.2, 0.25) is 5.91 Å². The first-order chi connectivity index (χ1) is 8.47. The van der Waals surface area contributed by atoms with Crippen LogP contribution in [-0.2, 0) is 22.7 Å². The van der Waals surface area contributed by atoms with E-state index in [4.69, 9.17) is 5.11 Å². The molecule has 1 rings (SSSR count). The van der Waals surface area contributed by atoms with E-state index >= 15 is 0 Å². The first kappa shape index (κ1) is 14.1. The molecule has 8 heteroatoms. The van der Waals surface area contributed by atoms with E-state index < -0.39 is 5.97 Å². The molecule has 1 aromatic rings. The summed E-state index contributed by atoms with van der Waals surface area (Å²) in [4.78, 5) is 21.8. The summed E-state index contributed by atoms with van der Waals surface area (Å²) in [5.41, 5.74) is 0.522. The van der Waals surface area contributed by atoms with E-state index in [1.165, 1.54) is 10.9 Å². The molecular weight excluding hydrogens is 238 g/mol. The highest BCUT2D eigenvalue weighted by Gasteiger charge is 2.06. The van der Waals surface area contributed by atoms with Crippen LogP contribution in [0.4, 0.5) is 0 Å². The molecule has 0 fully saturated rings. The van der Waals surface area contributed by atoms with Gasteiger partial charge in [0.25, 0.3) is 0 Å². The molecule has 0 radical (unpaired) electrons. The average Bonchev–Trinajstić information content (AvgIpc) is 2.70. The third-order valence-corrected chi connectivity index (χ3v) is 2.02. The third-order valence-electron chi connectivity index (χ3n) is 2.02. The molecule has 8 nitrogen and oxygen atoms in total. The van der Waals surface area contributed by atoms with Crippen molar-refractivity contribution in [1.82, 2.24) is 25.6 Å². The van der Waals surface area contributed by atoms with Gasteiger partial charge in [-0.2, -0.15) is 0 Å². The first-order valence-electron chi connectivity index (χ1n) is 5.58. The van der Waals surface area contributed by atoms with Crippen LogP contribution >= 0.6 is 0 Å². The Kier molecular flexibility index (Phi) is 5.25. The molecule has 1 aromatic heterocycles. The van der Waals surface area contributed by atoms with Gasteiger partial charge in [0.05, 0.1) is 19.3 Å². The Morgan fingerprint density at radius 1 is 1.50 bits per heavy atom. The van der Waals surface area contributed by atoms with Crippen molar-refractivity contribution in [2.24, 2.45) is 0 Å². The molecule has 0 saturated heterocycles. The van der Waals surface area contributed by atoms with E-state index in [0.717, 1.165) is 0 Å². The molecule has 1 amide bonds. The summed E-state index contributed by atoms with van der Waals surface area (Å²) in [7, 11) is 0. The van der Waals surface area contributed by atoms with Crippen molar-refractivity contribution < 1.29 is 14.7 Å². The second kappa shape index (κ2) is 6.70. The minimum absolute atomic E-state index is 0.142. The molecule has 0 aromatic carbocycles. The van der Waals surface area contributed by atoms with Crippen molar-refractivity contribution in [2.45, 2.75) is 33.0 Å². The predicted octanol–water partition coefficient (Wildman–Crippen LogP) is -1.02. The lowest BCUT2D eigenvalue weighted by atomic mass is 10.4. The molecule has 0 atom stereocenters. The van der Waals surface area contributed by atoms with Crippen LogP contribution in [0.3, 0.4) is 0 Å². The summed E-state index contributed by atoms with van der Waals surface area (Å²) in [5.74, 6) is -1.13. The van der Waals surface area contributed by atoms with Crippen LogP contribution in [-0.4, -0.2) is 44.6 Å². The summed E-state index contributed by atoms with van der Waals surface area (Å²) in [6, 6.07) is 0.243. The number of carboxylic acids is 1. The molecule has 0 bridgehead atoms. The maximum absolute atomic E-state index is 11.4. The van der Waals surface area contributed by atoms with Gasteiger partial charge in [-0.1, -0.05) is 19.1 Å². The predicted molar refractivity (Wildman–Crippen MR) is 62.6 cm³/mol. The van der Waals surface area contributed by atoms with E-state index in [9.17, 15) is 9.59 Å². The largest absolute Gasteiger partial charge is 0.480 e. The molecule has 0 spiro atoms. The van der Waals surface area contributed by atoms with E-state index in [2.05, 4.69) is 20.9 Å². The maximum atomic E-state index is 11.4. The summed E-state index contributed by atoms with van der Waals surface area (Å²) in [6.07, 6.45) is 1.49. The monoisotopic (exact) mass is 255 g/mol. The van der Waals surface area contributed by atoms with Crippen molar-refractivity contribution in [1.29, 1.82) is 0 Å². The van der Waals surface area contributed by atoms with Crippen molar-refractivity contribution >= 4 is 11.9 Å². The SMILES string of the molecule is CC(C)NCC(=O)NCc1cn(CC(=O)O)nn1. The van der Waals surface area contributed by atoms with Gasteiger partial charge < -0.3 is 15.7 Å². The highest BCUT2D eigenvalue weighted by molar-refractivity contribution is 5.77. The number of nitrogens with zero attached hydrogens (tertiary/aromatic N) is 3. The lowest BCUT2D eigenvalue weighted by Crippen LogP contribution is -2.36. The third kappa shape index (κ3) is 5.39. The fraction of sp³-hybridized carbons (Fsp3) is 0.600. The summed E-state index contributed by atoms with van der Waals surface area (Å²) < 4.78 is 1.20. The van der Waals surface area contributed by atoms with E-state index in [1.54, 1.807) is 0 Å². The van der Waals surface area contributed by atoms with Gasteiger partial charge in [0.15, 0.2) is 0 Å². The van der Waals surface area contributed by atoms with Crippen molar-refractivity contribution in [2.75, 3.05) is 6.54 Å². The van der Waals surface area contributed by atoms with Crippen molar-refractivity contribution in [3.63, 3.8) is 0 Å². The number of hydrogen-bond donors (Lipinski definition) is 3. The molecule has 0 unspecified atom stereocenters. The maximum Gasteiger partial charge on any atom is 0.325 e. The molecule has 0 aliphatic carbocycles. The fourth-order valence-electron chi connectivity index (χ4n) is 1.18. The zero-order valence-corrected chi connectivity index (χ0v) is 10.4. The number of aromatic nitrogens is 3. The average molecular weight is 255 g/mol. The molecule has 1 heterocycles. The van der Waals surface area contributed by atoms with Gasteiger partial charge in [-0.25, -0.2) is 4.68 Å². The topological polar surface area (TPSA) is 109 Å². The van der Waals surface area contributed by atoms with Crippen LogP contribution in [0.1, 0.15) is 19.5 Å². The zero-order chi connectivity index (χ0) is 13.5. The van der Waals surface area contributed by atoms with Gasteiger partial charge >= 0.3 is 5.97 Å². The van der Waals surface area contributed by atoms with Gasteiger partial charge in [-0.3, -0.25) is 9.59 Å². The number of hydrogen-bond acceptors (Lipinski definition) is 5. The van der Waals surface area contributed by atoms with Crippen LogP contribution in [0.15, 0.2) is 6.20 Å². The Balaban J connectivity index is 2.32. The lowest BCUT2D eigenvalue weighted by molar-refractivity contribution is -0.138. The number of carboxylic acid groups (broad SMARTS) is 1. The number of rotatable bonds is 7. The number of nitrogens with one attached hydrogen (secondary N) is 2. The second-order valence-electron chi connectivity index (χ2n) is 4.11. The standard InChI is InChI=1S/C10H17N5O3/c1-7(2)11-4-9(16)12-3-8-5-15(14-13-8)6-10(17)18/h5,7,11H,3-4,6H2,1-2H3,(H,12,16)(H,17,18). The first-order valence-corrected chi connectivity index (χ1v) is 5.58. The summed E-state index contributed by atoms with van der Waals surface area (Å²) >= 11 is 0. The van der Waals surface area contributed by atoms with E-state index in [0.29, 0.717) is 5.69 Å². The quantitative estimate of drug-likeness (QED) is 0.575. The molecule has 0 saturated carbocycles. The van der Waals surface area contributed by atoms with Crippen molar-refractivity contribution in [3.8, 4) is 0 Å². The van der Waals surface area contributed by atoms with Gasteiger partial charge in [-0.05, 0) is 0 Å². The molecule has 0 aliphatic heterocycles. The minimum atomic E-state index is -0.989. The van der Waals surface area contributed by atoms with Gasteiger partial charge in [0.1, 0.15) is 12.2 Å². The van der Waals surface area contributed by atoms with E-state index in [1.807, 2.05) is 13.8 Å². The summed E-state index contributed by atoms with van der Waals surface area (Å²) in [6.45, 7) is 4.13. The fourth-order valence-corrected chi connectivity index (χ4v) is 1.18. The molecular formula is C10H17N5O3. The van der Waals surface area contributed by atoms with Crippen LogP contribution in [0.5, 0.6) is 0 Å². The Morgan fingerprint density at radius 3 is 2.83 bits per heavy atom. The zero-order valence-electron chi connectivity index (χ0n) is 10.4. The number of aliphatic carboxylic acids is 1. The van der Waals surface area contributed by atoms with Crippen LogP contribution in [0, 0.1) is 0 Å². The molecule has 100 valence electrons. The number of carbonyl (C=O) groups is 2. The Hall–Kier alpha value is -1.96. The molecule has 3 N–H and O–H groups in total. The lowest BCUT2D eigenvalue weighted by Gasteiger charge is -2.07.